The van der Waals surface area contributed by atoms with Gasteiger partial charge in [0.25, 0.3) is 0 Å². The average Bonchev–Trinajstić information content (AvgIpc) is 3.41. The Morgan fingerprint density at radius 2 is 1.94 bits per heavy atom. The van der Waals surface area contributed by atoms with Gasteiger partial charge in [-0.3, -0.25) is 0 Å². The van der Waals surface area contributed by atoms with Crippen molar-refractivity contribution in [2.75, 3.05) is 12.4 Å². The summed E-state index contributed by atoms with van der Waals surface area (Å²) < 4.78 is 34.8. The topological polar surface area (TPSA) is 98.5 Å². The molecule has 0 aliphatic heterocycles. The van der Waals surface area contributed by atoms with Crippen molar-refractivity contribution in [1.29, 1.82) is 0 Å². The molecule has 0 radical (unpaired) electrons. The highest BCUT2D eigenvalue weighted by Crippen LogP contribution is 2.33. The summed E-state index contributed by atoms with van der Waals surface area (Å²) in [5, 5.41) is 13.0. The summed E-state index contributed by atoms with van der Waals surface area (Å²) in [7, 11) is -2.32. The molecular formula is C20H14BrN5O3S2. The number of ether oxygens (including phenoxy) is 1. The molecule has 0 amide bonds. The molecule has 3 aromatic heterocycles. The Kier molecular flexibility index (Phi) is 4.88. The van der Waals surface area contributed by atoms with Crippen LogP contribution in [0.1, 0.15) is 0 Å². The van der Waals surface area contributed by atoms with Crippen molar-refractivity contribution < 1.29 is 13.2 Å². The van der Waals surface area contributed by atoms with E-state index in [1.54, 1.807) is 19.2 Å². The minimum Gasteiger partial charge on any atom is -0.497 e. The molecule has 156 valence electrons. The van der Waals surface area contributed by atoms with Gasteiger partial charge in [0.2, 0.25) is 14.9 Å². The molecule has 0 aliphatic carbocycles. The lowest BCUT2D eigenvalue weighted by Gasteiger charge is -2.09. The molecular weight excluding hydrogens is 502 g/mol. The lowest BCUT2D eigenvalue weighted by molar-refractivity contribution is 0.415. The lowest BCUT2D eigenvalue weighted by atomic mass is 10.3. The molecule has 0 atom stereocenters. The molecule has 11 heteroatoms. The van der Waals surface area contributed by atoms with Gasteiger partial charge in [-0.15, -0.1) is 16.4 Å². The van der Waals surface area contributed by atoms with Gasteiger partial charge < -0.3 is 10.1 Å². The van der Waals surface area contributed by atoms with E-state index in [0.29, 0.717) is 17.1 Å². The van der Waals surface area contributed by atoms with Crippen LogP contribution in [0.25, 0.3) is 15.9 Å². The van der Waals surface area contributed by atoms with Crippen LogP contribution in [0.3, 0.4) is 0 Å². The maximum Gasteiger partial charge on any atom is 0.229 e. The molecule has 0 saturated carbocycles. The van der Waals surface area contributed by atoms with Crippen molar-refractivity contribution in [1.82, 2.24) is 19.8 Å². The Morgan fingerprint density at radius 1 is 1.13 bits per heavy atom. The maximum absolute atomic E-state index is 13.2. The predicted molar refractivity (Wildman–Crippen MR) is 122 cm³/mol. The smallest absolute Gasteiger partial charge is 0.229 e. The van der Waals surface area contributed by atoms with Crippen LogP contribution in [-0.2, 0) is 9.84 Å². The molecule has 0 bridgehead atoms. The highest BCUT2D eigenvalue weighted by molar-refractivity contribution is 9.10. The fourth-order valence-electron chi connectivity index (χ4n) is 3.15. The molecule has 31 heavy (non-hydrogen) atoms. The first kappa shape index (κ1) is 19.9. The SMILES string of the molecule is COc1cccc(Nc2nc3c(S(=O)(=O)c4ccc(Br)cc4)nnn3c3ccsc23)c1. The van der Waals surface area contributed by atoms with E-state index in [-0.39, 0.29) is 15.6 Å². The Balaban J connectivity index is 1.69. The molecule has 0 unspecified atom stereocenters. The van der Waals surface area contributed by atoms with Crippen LogP contribution >= 0.6 is 27.3 Å². The Morgan fingerprint density at radius 3 is 2.71 bits per heavy atom. The molecule has 0 aliphatic rings. The van der Waals surface area contributed by atoms with Gasteiger partial charge in [-0.1, -0.05) is 27.2 Å². The summed E-state index contributed by atoms with van der Waals surface area (Å²) in [6.07, 6.45) is 0. The van der Waals surface area contributed by atoms with E-state index < -0.39 is 9.84 Å². The van der Waals surface area contributed by atoms with Crippen LogP contribution < -0.4 is 10.1 Å². The van der Waals surface area contributed by atoms with Gasteiger partial charge in [-0.25, -0.2) is 13.4 Å². The van der Waals surface area contributed by atoms with Crippen molar-refractivity contribution in [3.8, 4) is 5.75 Å². The molecule has 5 aromatic rings. The van der Waals surface area contributed by atoms with Crippen molar-refractivity contribution in [3.63, 3.8) is 0 Å². The zero-order chi connectivity index (χ0) is 21.6. The average molecular weight is 516 g/mol. The van der Waals surface area contributed by atoms with Crippen LogP contribution in [-0.4, -0.2) is 35.3 Å². The lowest BCUT2D eigenvalue weighted by Crippen LogP contribution is -2.05. The molecule has 0 spiro atoms. The predicted octanol–water partition coefficient (Wildman–Crippen LogP) is 4.69. The van der Waals surface area contributed by atoms with Gasteiger partial charge in [0.05, 0.1) is 22.2 Å². The summed E-state index contributed by atoms with van der Waals surface area (Å²) >= 11 is 4.79. The monoisotopic (exact) mass is 515 g/mol. The summed E-state index contributed by atoms with van der Waals surface area (Å²) in [5.74, 6) is 1.21. The number of halogens is 1. The number of thiophene rings is 1. The van der Waals surface area contributed by atoms with Gasteiger partial charge in [-0.05, 0) is 47.8 Å². The van der Waals surface area contributed by atoms with Gasteiger partial charge in [0.15, 0.2) is 11.5 Å². The first-order chi connectivity index (χ1) is 15.0. The number of rotatable bonds is 5. The van der Waals surface area contributed by atoms with E-state index in [4.69, 9.17) is 4.74 Å². The highest BCUT2D eigenvalue weighted by atomic mass is 79.9. The molecule has 0 fully saturated rings. The quantitative estimate of drug-likeness (QED) is 0.362. The van der Waals surface area contributed by atoms with Crippen LogP contribution in [0, 0.1) is 0 Å². The van der Waals surface area contributed by atoms with E-state index in [2.05, 4.69) is 36.5 Å². The van der Waals surface area contributed by atoms with Crippen LogP contribution in [0.5, 0.6) is 5.75 Å². The number of fused-ring (bicyclic) bond motifs is 3. The summed E-state index contributed by atoms with van der Waals surface area (Å²) in [5.41, 5.74) is 1.63. The first-order valence-corrected chi connectivity index (χ1v) is 12.2. The fourth-order valence-corrected chi connectivity index (χ4v) is 5.46. The van der Waals surface area contributed by atoms with Crippen LogP contribution in [0.15, 0.2) is 74.4 Å². The molecule has 5 rings (SSSR count). The molecule has 2 aromatic carbocycles. The number of hydrogen-bond acceptors (Lipinski definition) is 8. The number of nitrogens with one attached hydrogen (secondary N) is 1. The van der Waals surface area contributed by atoms with E-state index in [1.807, 2.05) is 35.7 Å². The van der Waals surface area contributed by atoms with Crippen LogP contribution in [0.2, 0.25) is 0 Å². The molecule has 0 saturated heterocycles. The number of benzene rings is 2. The first-order valence-electron chi connectivity index (χ1n) is 9.02. The van der Waals surface area contributed by atoms with Crippen molar-refractivity contribution >= 4 is 64.5 Å². The minimum atomic E-state index is -3.91. The number of sulfone groups is 1. The van der Waals surface area contributed by atoms with Gasteiger partial charge in [-0.2, -0.15) is 4.52 Å². The second kappa shape index (κ2) is 7.59. The van der Waals surface area contributed by atoms with Gasteiger partial charge in [0.1, 0.15) is 5.75 Å². The Labute approximate surface area is 189 Å². The summed E-state index contributed by atoms with van der Waals surface area (Å²) in [6, 6.07) is 15.6. The molecule has 8 nitrogen and oxygen atoms in total. The van der Waals surface area contributed by atoms with Crippen molar-refractivity contribution in [2.24, 2.45) is 0 Å². The summed E-state index contributed by atoms with van der Waals surface area (Å²) in [4.78, 5) is 4.72. The molecule has 3 heterocycles. The minimum absolute atomic E-state index is 0.118. The third kappa shape index (κ3) is 3.44. The third-order valence-corrected chi connectivity index (χ3v) is 7.74. The van der Waals surface area contributed by atoms with E-state index in [1.165, 1.54) is 28.0 Å². The van der Waals surface area contributed by atoms with Crippen molar-refractivity contribution in [2.45, 2.75) is 9.92 Å². The van der Waals surface area contributed by atoms with Gasteiger partial charge in [0, 0.05) is 16.2 Å². The number of nitrogens with zero attached hydrogens (tertiary/aromatic N) is 4. The third-order valence-electron chi connectivity index (χ3n) is 4.63. The van der Waals surface area contributed by atoms with E-state index >= 15 is 0 Å². The molecule has 1 N–H and O–H groups in total. The number of hydrogen-bond donors (Lipinski definition) is 1. The second-order valence-electron chi connectivity index (χ2n) is 6.54. The number of aromatic nitrogens is 4. The zero-order valence-electron chi connectivity index (χ0n) is 16.0. The van der Waals surface area contributed by atoms with Crippen LogP contribution in [0.4, 0.5) is 11.5 Å². The van der Waals surface area contributed by atoms with E-state index in [9.17, 15) is 8.42 Å². The van der Waals surface area contributed by atoms with Crippen molar-refractivity contribution in [3.05, 3.63) is 64.5 Å². The highest BCUT2D eigenvalue weighted by Gasteiger charge is 2.27. The largest absolute Gasteiger partial charge is 0.497 e. The standard InChI is InChI=1S/C20H14BrN5O3S2/c1-29-14-4-2-3-13(11-14)22-18-17-16(9-10-30-17)26-19(23-18)20(24-25-26)31(27,28)15-7-5-12(21)6-8-15/h2-11H,1H3,(H,22,23). The number of methoxy groups -OCH3 is 1. The summed E-state index contributed by atoms with van der Waals surface area (Å²) in [6.45, 7) is 0. The Hall–Kier alpha value is -3.02. The van der Waals surface area contributed by atoms with E-state index in [0.717, 1.165) is 14.9 Å². The maximum atomic E-state index is 13.2. The normalized spacial score (nSPS) is 11.8. The fraction of sp³-hybridized carbons (Fsp3) is 0.0500. The Bertz CT molecular complexity index is 1530. The second-order valence-corrected chi connectivity index (χ2v) is 10.2. The zero-order valence-corrected chi connectivity index (χ0v) is 19.2. The number of anilines is 2. The van der Waals surface area contributed by atoms with Gasteiger partial charge >= 0.3 is 0 Å².